The minimum atomic E-state index is -0.488. The van der Waals surface area contributed by atoms with Crippen LogP contribution in [0.5, 0.6) is 0 Å². The molecule has 0 saturated carbocycles. The van der Waals surface area contributed by atoms with Crippen molar-refractivity contribution in [3.8, 4) is 0 Å². The molecular formula is C38H39ClN4O5. The molecule has 0 radical (unpaired) electrons. The third-order valence-corrected chi connectivity index (χ3v) is 9.44. The molecule has 1 aromatic heterocycles. The van der Waals surface area contributed by atoms with Crippen molar-refractivity contribution in [2.75, 3.05) is 36.5 Å². The van der Waals surface area contributed by atoms with E-state index < -0.39 is 5.91 Å². The minimum absolute atomic E-state index is 0.0809. The minimum Gasteiger partial charge on any atom is -0.451 e. The predicted octanol–water partition coefficient (Wildman–Crippen LogP) is 6.12. The molecule has 2 aliphatic heterocycles. The molecule has 0 spiro atoms. The molecule has 2 aliphatic rings. The highest BCUT2D eigenvalue weighted by Crippen LogP contribution is 2.29. The Kier molecular flexibility index (Phi) is 9.96. The van der Waals surface area contributed by atoms with Crippen LogP contribution in [0.15, 0.2) is 93.7 Å². The van der Waals surface area contributed by atoms with Gasteiger partial charge in [0.2, 0.25) is 11.8 Å². The number of rotatable bonds is 9. The molecule has 48 heavy (non-hydrogen) atoms. The van der Waals surface area contributed by atoms with Crippen molar-refractivity contribution in [1.29, 1.82) is 0 Å². The molecule has 4 aromatic rings. The number of amides is 3. The van der Waals surface area contributed by atoms with Crippen LogP contribution < -0.4 is 20.5 Å². The number of hydrogen-bond acceptors (Lipinski definition) is 6. The summed E-state index contributed by atoms with van der Waals surface area (Å²) in [7, 11) is 1.63. The standard InChI is InChI=1S/C38H39ClN4O5/c1-25(44)41(2)31-13-14-35-32(22-31)34(45)23-36(48-35)38(47)40-30(20-26-9-11-29(39)12-10-26)21-27-15-18-42(19-16-27)33-7-4-3-6-28(33)24-43-17-5-8-37(43)46/h3-4,6-7,9-14,21-23,30H,5,8,15-20,24H2,1-2H3,(H,40,47)/t30-/m0/s1. The van der Waals surface area contributed by atoms with Crippen LogP contribution in [0.2, 0.25) is 5.02 Å². The van der Waals surface area contributed by atoms with Crippen molar-refractivity contribution in [3.63, 3.8) is 0 Å². The highest BCUT2D eigenvalue weighted by atomic mass is 35.5. The second kappa shape index (κ2) is 14.5. The first-order valence-corrected chi connectivity index (χ1v) is 16.7. The molecule has 248 valence electrons. The van der Waals surface area contributed by atoms with E-state index in [4.69, 9.17) is 16.0 Å². The number of halogens is 1. The fourth-order valence-electron chi connectivity index (χ4n) is 6.43. The summed E-state index contributed by atoms with van der Waals surface area (Å²) >= 11 is 6.14. The SMILES string of the molecule is CC(=O)N(C)c1ccc2oc(C(=O)N[C@H](C=C3CCN(c4ccccc4CN4CCCC4=O)CC3)Cc3ccc(Cl)cc3)cc(=O)c2c1. The second-order valence-electron chi connectivity index (χ2n) is 12.5. The first-order chi connectivity index (χ1) is 23.1. The summed E-state index contributed by atoms with van der Waals surface area (Å²) in [6, 6.07) is 21.6. The number of nitrogens with one attached hydrogen (secondary N) is 1. The highest BCUT2D eigenvalue weighted by molar-refractivity contribution is 6.30. The number of carbonyl (C=O) groups excluding carboxylic acids is 3. The van der Waals surface area contributed by atoms with E-state index in [0.29, 0.717) is 30.1 Å². The molecule has 1 N–H and O–H groups in total. The number of nitrogens with zero attached hydrogens (tertiary/aromatic N) is 3. The Balaban J connectivity index is 1.19. The van der Waals surface area contributed by atoms with Crippen LogP contribution in [0.25, 0.3) is 11.0 Å². The van der Waals surface area contributed by atoms with Crippen molar-refractivity contribution in [3.05, 3.63) is 117 Å². The number of para-hydroxylation sites is 1. The van der Waals surface area contributed by atoms with Crippen LogP contribution in [-0.4, -0.2) is 55.3 Å². The lowest BCUT2D eigenvalue weighted by Crippen LogP contribution is -2.37. The molecule has 2 saturated heterocycles. The van der Waals surface area contributed by atoms with Gasteiger partial charge in [0.1, 0.15) is 5.58 Å². The van der Waals surface area contributed by atoms with Crippen LogP contribution in [0.4, 0.5) is 11.4 Å². The van der Waals surface area contributed by atoms with E-state index in [9.17, 15) is 19.2 Å². The molecule has 10 heteroatoms. The molecule has 3 aromatic carbocycles. The number of piperidine rings is 1. The molecule has 0 bridgehead atoms. The average molecular weight is 667 g/mol. The van der Waals surface area contributed by atoms with Gasteiger partial charge in [-0.15, -0.1) is 0 Å². The molecule has 0 aliphatic carbocycles. The van der Waals surface area contributed by atoms with Crippen LogP contribution in [0.3, 0.4) is 0 Å². The van der Waals surface area contributed by atoms with E-state index in [1.807, 2.05) is 41.3 Å². The number of hydrogen-bond donors (Lipinski definition) is 1. The van der Waals surface area contributed by atoms with Crippen LogP contribution in [-0.2, 0) is 22.6 Å². The van der Waals surface area contributed by atoms with E-state index in [-0.39, 0.29) is 40.0 Å². The van der Waals surface area contributed by atoms with Gasteiger partial charge in [0.05, 0.1) is 11.4 Å². The van der Waals surface area contributed by atoms with E-state index in [0.717, 1.165) is 55.7 Å². The lowest BCUT2D eigenvalue weighted by atomic mass is 9.97. The molecule has 9 nitrogen and oxygen atoms in total. The molecule has 1 atom stereocenters. The summed E-state index contributed by atoms with van der Waals surface area (Å²) in [5, 5.41) is 4.02. The molecule has 3 heterocycles. The molecule has 0 unspecified atom stereocenters. The van der Waals surface area contributed by atoms with E-state index in [1.54, 1.807) is 25.2 Å². The number of carbonyl (C=O) groups is 3. The third-order valence-electron chi connectivity index (χ3n) is 9.19. The van der Waals surface area contributed by atoms with E-state index in [1.165, 1.54) is 23.5 Å². The van der Waals surface area contributed by atoms with Crippen molar-refractivity contribution in [2.24, 2.45) is 0 Å². The maximum atomic E-state index is 13.6. The van der Waals surface area contributed by atoms with E-state index in [2.05, 4.69) is 28.4 Å². The lowest BCUT2D eigenvalue weighted by molar-refractivity contribution is -0.128. The zero-order valence-electron chi connectivity index (χ0n) is 27.2. The quantitative estimate of drug-likeness (QED) is 0.216. The second-order valence-corrected chi connectivity index (χ2v) is 12.9. The van der Waals surface area contributed by atoms with Gasteiger partial charge in [0, 0.05) is 69.0 Å². The van der Waals surface area contributed by atoms with Gasteiger partial charge in [-0.1, -0.05) is 53.6 Å². The average Bonchev–Trinajstić information content (AvgIpc) is 3.49. The molecule has 2 fully saturated rings. The Bertz CT molecular complexity index is 1930. The number of anilines is 2. The number of likely N-dealkylation sites (tertiary alicyclic amines) is 1. The maximum Gasteiger partial charge on any atom is 0.287 e. The summed E-state index contributed by atoms with van der Waals surface area (Å²) in [6.45, 7) is 4.52. The summed E-state index contributed by atoms with van der Waals surface area (Å²) in [4.78, 5) is 56.5. The van der Waals surface area contributed by atoms with Crippen molar-refractivity contribution < 1.29 is 18.8 Å². The van der Waals surface area contributed by atoms with E-state index >= 15 is 0 Å². The summed E-state index contributed by atoms with van der Waals surface area (Å²) in [6.07, 6.45) is 5.85. The Morgan fingerprint density at radius 3 is 2.44 bits per heavy atom. The smallest absolute Gasteiger partial charge is 0.287 e. The lowest BCUT2D eigenvalue weighted by Gasteiger charge is -2.33. The topological polar surface area (TPSA) is 103 Å². The molecule has 3 amide bonds. The summed E-state index contributed by atoms with van der Waals surface area (Å²) < 4.78 is 5.90. The Morgan fingerprint density at radius 1 is 0.979 bits per heavy atom. The third kappa shape index (κ3) is 7.63. The van der Waals surface area contributed by atoms with Gasteiger partial charge in [-0.3, -0.25) is 19.2 Å². The summed E-state index contributed by atoms with van der Waals surface area (Å²) in [5.41, 5.74) is 5.02. The first kappa shape index (κ1) is 33.0. The van der Waals surface area contributed by atoms with Gasteiger partial charge in [-0.2, -0.15) is 0 Å². The number of benzene rings is 3. The van der Waals surface area contributed by atoms with Gasteiger partial charge in [0.25, 0.3) is 5.91 Å². The van der Waals surface area contributed by atoms with Gasteiger partial charge >= 0.3 is 0 Å². The Hall–Kier alpha value is -4.89. The molecular weight excluding hydrogens is 628 g/mol. The van der Waals surface area contributed by atoms with Crippen LogP contribution >= 0.6 is 11.6 Å². The molecule has 6 rings (SSSR count). The Labute approximate surface area is 284 Å². The van der Waals surface area contributed by atoms with Crippen molar-refractivity contribution in [2.45, 2.75) is 51.6 Å². The van der Waals surface area contributed by atoms with Gasteiger partial charge < -0.3 is 24.4 Å². The zero-order chi connectivity index (χ0) is 33.8. The Morgan fingerprint density at radius 2 is 1.73 bits per heavy atom. The maximum absolute atomic E-state index is 13.6. The normalized spacial score (nSPS) is 15.5. The van der Waals surface area contributed by atoms with Gasteiger partial charge in [-0.05, 0) is 73.2 Å². The predicted molar refractivity (Wildman–Crippen MR) is 189 cm³/mol. The largest absolute Gasteiger partial charge is 0.451 e. The summed E-state index contributed by atoms with van der Waals surface area (Å²) in [5.74, 6) is -0.515. The zero-order valence-corrected chi connectivity index (χ0v) is 28.0. The first-order valence-electron chi connectivity index (χ1n) is 16.3. The number of fused-ring (bicyclic) bond motifs is 1. The fourth-order valence-corrected chi connectivity index (χ4v) is 6.55. The van der Waals surface area contributed by atoms with Crippen molar-refractivity contribution >= 4 is 51.7 Å². The van der Waals surface area contributed by atoms with Crippen molar-refractivity contribution in [1.82, 2.24) is 10.2 Å². The fraction of sp³-hybridized carbons (Fsp3) is 0.316. The van der Waals surface area contributed by atoms with Gasteiger partial charge in [-0.25, -0.2) is 0 Å². The van der Waals surface area contributed by atoms with Crippen LogP contribution in [0, 0.1) is 0 Å². The van der Waals surface area contributed by atoms with Gasteiger partial charge in [0.15, 0.2) is 11.2 Å². The highest BCUT2D eigenvalue weighted by Gasteiger charge is 2.24. The van der Waals surface area contributed by atoms with Crippen LogP contribution in [0.1, 0.15) is 54.3 Å². The monoisotopic (exact) mass is 666 g/mol.